The molecule has 0 radical (unpaired) electrons. The highest BCUT2D eigenvalue weighted by Crippen LogP contribution is 2.38. The van der Waals surface area contributed by atoms with Crippen molar-refractivity contribution in [3.63, 3.8) is 0 Å². The van der Waals surface area contributed by atoms with Crippen molar-refractivity contribution in [1.82, 2.24) is 14.5 Å². The summed E-state index contributed by atoms with van der Waals surface area (Å²) in [4.78, 5) is 42.6. The number of likely N-dealkylation sites (tertiary alicyclic amines) is 1. The van der Waals surface area contributed by atoms with E-state index in [1.54, 1.807) is 38.5 Å². The van der Waals surface area contributed by atoms with Crippen LogP contribution in [-0.4, -0.2) is 41.1 Å². The van der Waals surface area contributed by atoms with Crippen LogP contribution in [0.4, 0.5) is 0 Å². The average Bonchev–Trinajstić information content (AvgIpc) is 3.28. The van der Waals surface area contributed by atoms with Crippen molar-refractivity contribution in [3.05, 3.63) is 68.9 Å². The van der Waals surface area contributed by atoms with E-state index in [0.29, 0.717) is 28.9 Å². The number of para-hydroxylation sites is 1. The summed E-state index contributed by atoms with van der Waals surface area (Å²) in [6.45, 7) is 0.655. The fourth-order valence-corrected chi connectivity index (χ4v) is 4.24. The molecule has 0 aliphatic carbocycles. The molecule has 2 heterocycles. The number of carbonyl (C=O) groups excluding carboxylic acids is 1. The summed E-state index contributed by atoms with van der Waals surface area (Å²) in [5, 5.41) is 0.427. The van der Waals surface area contributed by atoms with Crippen LogP contribution in [0, 0.1) is 0 Å². The second-order valence-electron chi connectivity index (χ2n) is 7.54. The minimum atomic E-state index is -0.508. The van der Waals surface area contributed by atoms with Gasteiger partial charge in [-0.2, -0.15) is 0 Å². The Hall–Kier alpha value is -3.55. The van der Waals surface area contributed by atoms with Gasteiger partial charge in [0.05, 0.1) is 31.2 Å². The number of aromatic amines is 1. The number of H-pyrrole nitrogens is 1. The summed E-state index contributed by atoms with van der Waals surface area (Å²) in [6, 6.07) is 12.3. The predicted octanol–water partition coefficient (Wildman–Crippen LogP) is 2.46. The van der Waals surface area contributed by atoms with Gasteiger partial charge in [-0.05, 0) is 37.1 Å². The molecule has 1 aromatic heterocycles. The lowest BCUT2D eigenvalue weighted by Gasteiger charge is -2.26. The van der Waals surface area contributed by atoms with E-state index < -0.39 is 5.69 Å². The Labute approximate surface area is 179 Å². The Balaban J connectivity index is 1.55. The van der Waals surface area contributed by atoms with Gasteiger partial charge in [0.1, 0.15) is 11.5 Å². The largest absolute Gasteiger partial charge is 0.497 e. The van der Waals surface area contributed by atoms with Gasteiger partial charge in [0.15, 0.2) is 0 Å². The maximum atomic E-state index is 13.0. The summed E-state index contributed by atoms with van der Waals surface area (Å²) in [6.07, 6.45) is 1.77. The minimum absolute atomic E-state index is 0.0286. The third kappa shape index (κ3) is 3.93. The number of aromatic nitrogens is 2. The third-order valence-corrected chi connectivity index (χ3v) is 5.81. The Morgan fingerprint density at radius 3 is 2.71 bits per heavy atom. The molecule has 3 aromatic rings. The molecule has 0 bridgehead atoms. The highest BCUT2D eigenvalue weighted by molar-refractivity contribution is 5.78. The van der Waals surface area contributed by atoms with Crippen LogP contribution in [-0.2, 0) is 11.3 Å². The molecule has 1 atom stereocenters. The number of benzene rings is 2. The summed E-state index contributed by atoms with van der Waals surface area (Å²) in [5.74, 6) is 1.26. The second kappa shape index (κ2) is 8.67. The van der Waals surface area contributed by atoms with Gasteiger partial charge in [0.25, 0.3) is 5.56 Å². The van der Waals surface area contributed by atoms with Crippen LogP contribution < -0.4 is 20.7 Å². The number of nitrogens with one attached hydrogen (secondary N) is 1. The first-order valence-electron chi connectivity index (χ1n) is 10.3. The van der Waals surface area contributed by atoms with Gasteiger partial charge in [-0.3, -0.25) is 14.2 Å². The molecule has 1 saturated heterocycles. The van der Waals surface area contributed by atoms with E-state index in [1.807, 2.05) is 23.1 Å². The first-order chi connectivity index (χ1) is 15.0. The van der Waals surface area contributed by atoms with Crippen LogP contribution in [0.15, 0.2) is 52.1 Å². The number of nitrogens with zero attached hydrogens (tertiary/aromatic N) is 2. The van der Waals surface area contributed by atoms with E-state index in [4.69, 9.17) is 9.47 Å². The standard InChI is InChI=1S/C23H25N3O5/c1-30-15-9-10-17(20(14-15)31-2)19-8-5-12-25(19)21(27)11-13-26-22(28)16-6-3-4-7-18(16)24-23(26)29/h3-4,6-7,9-10,14,19H,5,8,11-13H2,1-2H3,(H,24,29)/t19-/m0/s1. The maximum absolute atomic E-state index is 13.0. The van der Waals surface area contributed by atoms with Crippen molar-refractivity contribution in [1.29, 1.82) is 0 Å². The van der Waals surface area contributed by atoms with Crippen LogP contribution >= 0.6 is 0 Å². The monoisotopic (exact) mass is 423 g/mol. The van der Waals surface area contributed by atoms with Crippen molar-refractivity contribution in [3.8, 4) is 11.5 Å². The summed E-state index contributed by atoms with van der Waals surface area (Å²) in [7, 11) is 3.19. The number of ether oxygens (including phenoxy) is 2. The van der Waals surface area contributed by atoms with Crippen molar-refractivity contribution in [2.24, 2.45) is 0 Å². The number of hydrogen-bond donors (Lipinski definition) is 1. The smallest absolute Gasteiger partial charge is 0.328 e. The maximum Gasteiger partial charge on any atom is 0.328 e. The van der Waals surface area contributed by atoms with Crippen LogP contribution in [0.25, 0.3) is 10.9 Å². The van der Waals surface area contributed by atoms with Gasteiger partial charge >= 0.3 is 5.69 Å². The van der Waals surface area contributed by atoms with E-state index in [9.17, 15) is 14.4 Å². The molecule has 31 heavy (non-hydrogen) atoms. The van der Waals surface area contributed by atoms with Crippen molar-refractivity contribution < 1.29 is 14.3 Å². The third-order valence-electron chi connectivity index (χ3n) is 5.81. The number of fused-ring (bicyclic) bond motifs is 1. The normalized spacial score (nSPS) is 15.9. The molecule has 162 valence electrons. The first kappa shape index (κ1) is 20.7. The SMILES string of the molecule is COc1ccc([C@@H]2CCCN2C(=O)CCn2c(=O)[nH]c3ccccc3c2=O)c(OC)c1. The molecule has 2 aromatic carbocycles. The summed E-state index contributed by atoms with van der Waals surface area (Å²) >= 11 is 0. The predicted molar refractivity (Wildman–Crippen MR) is 117 cm³/mol. The quantitative estimate of drug-likeness (QED) is 0.657. The van der Waals surface area contributed by atoms with Crippen LogP contribution in [0.1, 0.15) is 30.9 Å². The van der Waals surface area contributed by atoms with Crippen molar-refractivity contribution in [2.75, 3.05) is 20.8 Å². The lowest BCUT2D eigenvalue weighted by molar-refractivity contribution is -0.132. The molecule has 1 fully saturated rings. The molecular formula is C23H25N3O5. The molecule has 0 saturated carbocycles. The Morgan fingerprint density at radius 2 is 1.94 bits per heavy atom. The molecule has 1 aliphatic rings. The fourth-order valence-electron chi connectivity index (χ4n) is 4.24. The van der Waals surface area contributed by atoms with Gasteiger partial charge in [-0.1, -0.05) is 12.1 Å². The van der Waals surface area contributed by atoms with E-state index in [2.05, 4.69) is 4.98 Å². The van der Waals surface area contributed by atoms with Crippen LogP contribution in [0.2, 0.25) is 0 Å². The molecular weight excluding hydrogens is 398 g/mol. The summed E-state index contributed by atoms with van der Waals surface area (Å²) < 4.78 is 11.9. The van der Waals surface area contributed by atoms with E-state index in [-0.39, 0.29) is 30.5 Å². The highest BCUT2D eigenvalue weighted by Gasteiger charge is 2.31. The first-order valence-corrected chi connectivity index (χ1v) is 10.3. The van der Waals surface area contributed by atoms with Gasteiger partial charge in [0.2, 0.25) is 5.91 Å². The van der Waals surface area contributed by atoms with Crippen molar-refractivity contribution >= 4 is 16.8 Å². The highest BCUT2D eigenvalue weighted by atomic mass is 16.5. The number of rotatable bonds is 6. The second-order valence-corrected chi connectivity index (χ2v) is 7.54. The number of amides is 1. The number of carbonyl (C=O) groups is 1. The van der Waals surface area contributed by atoms with Gasteiger partial charge in [0, 0.05) is 31.1 Å². The molecule has 1 aliphatic heterocycles. The average molecular weight is 423 g/mol. The van der Waals surface area contributed by atoms with E-state index in [1.165, 1.54) is 0 Å². The van der Waals surface area contributed by atoms with E-state index in [0.717, 1.165) is 23.0 Å². The zero-order valence-electron chi connectivity index (χ0n) is 17.6. The fraction of sp³-hybridized carbons (Fsp3) is 0.348. The topological polar surface area (TPSA) is 93.6 Å². The molecule has 8 nitrogen and oxygen atoms in total. The minimum Gasteiger partial charge on any atom is -0.497 e. The molecule has 1 N–H and O–H groups in total. The van der Waals surface area contributed by atoms with Gasteiger partial charge in [-0.25, -0.2) is 4.79 Å². The van der Waals surface area contributed by atoms with Crippen LogP contribution in [0.5, 0.6) is 11.5 Å². The number of methoxy groups -OCH3 is 2. The molecule has 0 unspecified atom stereocenters. The zero-order chi connectivity index (χ0) is 22.0. The Kier molecular flexibility index (Phi) is 5.79. The Bertz CT molecular complexity index is 1230. The van der Waals surface area contributed by atoms with Gasteiger partial charge < -0.3 is 19.4 Å². The van der Waals surface area contributed by atoms with E-state index >= 15 is 0 Å². The van der Waals surface area contributed by atoms with Crippen LogP contribution in [0.3, 0.4) is 0 Å². The zero-order valence-corrected chi connectivity index (χ0v) is 17.6. The number of hydrogen-bond acceptors (Lipinski definition) is 5. The van der Waals surface area contributed by atoms with Gasteiger partial charge in [-0.15, -0.1) is 0 Å². The Morgan fingerprint density at radius 1 is 1.13 bits per heavy atom. The molecule has 1 amide bonds. The summed E-state index contributed by atoms with van der Waals surface area (Å²) in [5.41, 5.74) is 0.523. The molecule has 0 spiro atoms. The lowest BCUT2D eigenvalue weighted by Crippen LogP contribution is -2.37. The van der Waals surface area contributed by atoms with Crippen molar-refractivity contribution in [2.45, 2.75) is 31.8 Å². The molecule has 4 rings (SSSR count). The lowest BCUT2D eigenvalue weighted by atomic mass is 10.0. The molecule has 8 heteroatoms.